The van der Waals surface area contributed by atoms with Gasteiger partial charge < -0.3 is 9.47 Å². The molecule has 2 N–H and O–H groups in total. The summed E-state index contributed by atoms with van der Waals surface area (Å²) >= 11 is 0. The van der Waals surface area contributed by atoms with Crippen LogP contribution in [0, 0.1) is 11.3 Å². The van der Waals surface area contributed by atoms with Gasteiger partial charge in [-0.1, -0.05) is 0 Å². The summed E-state index contributed by atoms with van der Waals surface area (Å²) in [4.78, 5) is 9.86. The molecule has 20 heavy (non-hydrogen) atoms. The third-order valence-electron chi connectivity index (χ3n) is 3.40. The number of hydroxylamine groups is 2. The average Bonchev–Trinajstić information content (AvgIpc) is 3.28. The van der Waals surface area contributed by atoms with Gasteiger partial charge in [0, 0.05) is 26.1 Å². The van der Waals surface area contributed by atoms with Crippen molar-refractivity contribution in [3.63, 3.8) is 0 Å². The number of hydrogen-bond donors (Lipinski definition) is 1. The quantitative estimate of drug-likeness (QED) is 0.612. The summed E-state index contributed by atoms with van der Waals surface area (Å²) in [5.41, 5.74) is 0. The van der Waals surface area contributed by atoms with E-state index in [1.54, 1.807) is 5.06 Å². The summed E-state index contributed by atoms with van der Waals surface area (Å²) in [5, 5.41) is 10.2. The van der Waals surface area contributed by atoms with E-state index < -0.39 is 0 Å². The van der Waals surface area contributed by atoms with Crippen LogP contribution in [0.4, 0.5) is 0 Å². The van der Waals surface area contributed by atoms with E-state index in [-0.39, 0.29) is 18.6 Å². The molecule has 0 bridgehead atoms. The Balaban J connectivity index is 0.000000160. The molecule has 0 aromatic heterocycles. The molecular weight excluding hydrogens is 262 g/mol. The van der Waals surface area contributed by atoms with Crippen LogP contribution in [-0.2, 0) is 19.1 Å². The summed E-state index contributed by atoms with van der Waals surface area (Å²) in [6.45, 7) is 2.31. The fourth-order valence-electron chi connectivity index (χ4n) is 2.11. The topological polar surface area (TPSA) is 89.7 Å². The van der Waals surface area contributed by atoms with Gasteiger partial charge in [-0.15, -0.1) is 0 Å². The van der Waals surface area contributed by atoms with Crippen LogP contribution in [0.1, 0.15) is 38.5 Å². The molecule has 3 heterocycles. The van der Waals surface area contributed by atoms with Crippen LogP contribution in [0.2, 0.25) is 0 Å². The van der Waals surface area contributed by atoms with Crippen LogP contribution >= 0.6 is 0 Å². The van der Waals surface area contributed by atoms with Crippen LogP contribution < -0.4 is 5.90 Å². The highest BCUT2D eigenvalue weighted by Crippen LogP contribution is 2.22. The maximum atomic E-state index is 8.49. The van der Waals surface area contributed by atoms with E-state index in [4.69, 9.17) is 25.5 Å². The fraction of sp³-hybridized carbons (Fsp3) is 0.923. The molecule has 7 nitrogen and oxygen atoms in total. The predicted molar refractivity (Wildman–Crippen MR) is 69.6 cm³/mol. The number of nitrogens with zero attached hydrogens (tertiary/aromatic N) is 2. The molecule has 0 radical (unpaired) electrons. The minimum Gasteiger partial charge on any atom is -0.351 e. The van der Waals surface area contributed by atoms with Crippen molar-refractivity contribution in [2.45, 2.75) is 57.1 Å². The summed E-state index contributed by atoms with van der Waals surface area (Å²) in [5.74, 6) is 4.88. The smallest absolute Gasteiger partial charge is 0.177 e. The SMILES string of the molecule is N#CC1CN1OC1CCCCO1.NOC1CCCCO1. The maximum Gasteiger partial charge on any atom is 0.177 e. The van der Waals surface area contributed by atoms with E-state index in [2.05, 4.69) is 10.9 Å². The molecule has 3 aliphatic heterocycles. The van der Waals surface area contributed by atoms with Gasteiger partial charge in [0.15, 0.2) is 12.6 Å². The number of ether oxygens (including phenoxy) is 2. The second kappa shape index (κ2) is 8.52. The number of rotatable bonds is 3. The highest BCUT2D eigenvalue weighted by Gasteiger charge is 2.38. The van der Waals surface area contributed by atoms with Gasteiger partial charge in [-0.3, -0.25) is 9.68 Å². The zero-order valence-electron chi connectivity index (χ0n) is 11.7. The Morgan fingerprint density at radius 2 is 1.70 bits per heavy atom. The molecule has 7 heteroatoms. The molecule has 4 unspecified atom stereocenters. The first-order chi connectivity index (χ1) is 9.83. The molecule has 0 aromatic rings. The Morgan fingerprint density at radius 3 is 2.10 bits per heavy atom. The molecule has 0 aliphatic carbocycles. The molecule has 0 amide bonds. The zero-order chi connectivity index (χ0) is 14.2. The molecular formula is C13H23N3O4. The van der Waals surface area contributed by atoms with Gasteiger partial charge >= 0.3 is 0 Å². The third-order valence-corrected chi connectivity index (χ3v) is 3.40. The van der Waals surface area contributed by atoms with Crippen molar-refractivity contribution in [2.75, 3.05) is 19.8 Å². The molecule has 0 saturated carbocycles. The van der Waals surface area contributed by atoms with Gasteiger partial charge in [-0.05, 0) is 25.7 Å². The van der Waals surface area contributed by atoms with Crippen LogP contribution in [0.15, 0.2) is 0 Å². The highest BCUT2D eigenvalue weighted by atomic mass is 16.8. The summed E-state index contributed by atoms with van der Waals surface area (Å²) < 4.78 is 10.4. The van der Waals surface area contributed by atoms with Crippen LogP contribution in [0.25, 0.3) is 0 Å². The Hall–Kier alpha value is -0.750. The first-order valence-electron chi connectivity index (χ1n) is 7.25. The Labute approximate surface area is 119 Å². The van der Waals surface area contributed by atoms with Crippen LogP contribution in [0.3, 0.4) is 0 Å². The largest absolute Gasteiger partial charge is 0.351 e. The van der Waals surface area contributed by atoms with Crippen LogP contribution in [0.5, 0.6) is 0 Å². The second-order valence-electron chi connectivity index (χ2n) is 5.08. The van der Waals surface area contributed by atoms with Crippen molar-refractivity contribution in [3.05, 3.63) is 0 Å². The summed E-state index contributed by atoms with van der Waals surface area (Å²) in [7, 11) is 0. The standard InChI is InChI=1S/C8H12N2O2.C5H11NO2/c9-5-7-6-10(7)12-8-3-1-2-4-11-8;6-8-5-3-1-2-4-7-5/h7-8H,1-4,6H2;5H,1-4,6H2. The molecule has 114 valence electrons. The molecule has 0 spiro atoms. The van der Waals surface area contributed by atoms with Crippen molar-refractivity contribution < 1.29 is 19.1 Å². The van der Waals surface area contributed by atoms with Crippen molar-refractivity contribution in [2.24, 2.45) is 5.90 Å². The second-order valence-corrected chi connectivity index (χ2v) is 5.08. The lowest BCUT2D eigenvalue weighted by Gasteiger charge is -2.22. The fourth-order valence-corrected chi connectivity index (χ4v) is 2.11. The zero-order valence-corrected chi connectivity index (χ0v) is 11.7. The first-order valence-corrected chi connectivity index (χ1v) is 7.25. The van der Waals surface area contributed by atoms with E-state index >= 15 is 0 Å². The maximum absolute atomic E-state index is 8.49. The van der Waals surface area contributed by atoms with E-state index in [0.29, 0.717) is 0 Å². The lowest BCUT2D eigenvalue weighted by atomic mass is 10.2. The molecule has 3 fully saturated rings. The van der Waals surface area contributed by atoms with Gasteiger partial charge in [-0.25, -0.2) is 5.90 Å². The summed E-state index contributed by atoms with van der Waals surface area (Å²) in [6, 6.07) is 2.09. The first kappa shape index (κ1) is 15.6. The van der Waals surface area contributed by atoms with E-state index in [1.807, 2.05) is 0 Å². The van der Waals surface area contributed by atoms with Gasteiger partial charge in [0.25, 0.3) is 0 Å². The Bertz CT molecular complexity index is 311. The average molecular weight is 285 g/mol. The van der Waals surface area contributed by atoms with Crippen molar-refractivity contribution in [1.82, 2.24) is 5.06 Å². The molecule has 3 aliphatic rings. The van der Waals surface area contributed by atoms with Crippen molar-refractivity contribution >= 4 is 0 Å². The Morgan fingerprint density at radius 1 is 1.05 bits per heavy atom. The predicted octanol–water partition coefficient (Wildman–Crippen LogP) is 1.06. The lowest BCUT2D eigenvalue weighted by Crippen LogP contribution is -2.25. The summed E-state index contributed by atoms with van der Waals surface area (Å²) in [6.07, 6.45) is 6.25. The van der Waals surface area contributed by atoms with E-state index in [0.717, 1.165) is 51.9 Å². The molecule has 4 atom stereocenters. The van der Waals surface area contributed by atoms with E-state index in [9.17, 15) is 0 Å². The van der Waals surface area contributed by atoms with Crippen molar-refractivity contribution in [3.8, 4) is 6.07 Å². The van der Waals surface area contributed by atoms with Gasteiger partial charge in [0.1, 0.15) is 6.04 Å². The monoisotopic (exact) mass is 285 g/mol. The molecule has 3 rings (SSSR count). The molecule has 3 saturated heterocycles. The third kappa shape index (κ3) is 5.32. The van der Waals surface area contributed by atoms with Gasteiger partial charge in [-0.2, -0.15) is 10.3 Å². The normalized spacial score (nSPS) is 36.4. The lowest BCUT2D eigenvalue weighted by molar-refractivity contribution is -0.247. The number of hydrogen-bond acceptors (Lipinski definition) is 7. The Kier molecular flexibility index (Phi) is 6.66. The molecule has 0 aromatic carbocycles. The van der Waals surface area contributed by atoms with E-state index in [1.165, 1.54) is 6.42 Å². The van der Waals surface area contributed by atoms with Gasteiger partial charge in [0.2, 0.25) is 0 Å². The van der Waals surface area contributed by atoms with Crippen molar-refractivity contribution in [1.29, 1.82) is 5.26 Å². The minimum absolute atomic E-state index is 0.0319. The highest BCUT2D eigenvalue weighted by molar-refractivity contribution is 5.01. The van der Waals surface area contributed by atoms with Crippen LogP contribution in [-0.4, -0.2) is 43.4 Å². The number of nitrogens with two attached hydrogens (primary N) is 1. The van der Waals surface area contributed by atoms with Gasteiger partial charge in [0.05, 0.1) is 12.6 Å². The minimum atomic E-state index is -0.135. The number of nitriles is 1.